The lowest BCUT2D eigenvalue weighted by molar-refractivity contribution is -0.129. The number of rotatable bonds is 3. The zero-order valence-corrected chi connectivity index (χ0v) is 11.9. The largest absolute Gasteiger partial charge is 0.497 e. The summed E-state index contributed by atoms with van der Waals surface area (Å²) in [5, 5.41) is 3.57. The molecule has 1 N–H and O–H groups in total. The molecule has 1 heterocycles. The van der Waals surface area contributed by atoms with E-state index < -0.39 is 0 Å². The van der Waals surface area contributed by atoms with Crippen molar-refractivity contribution in [2.24, 2.45) is 0 Å². The standard InChI is InChI=1S/C15H22N2O2/c1-11-10-14(19-3)4-5-15(11)16-13-6-8-17(9-7-13)12(2)18/h4-5,10,13,16H,6-9H2,1-3H3. The molecule has 0 atom stereocenters. The summed E-state index contributed by atoms with van der Waals surface area (Å²) in [4.78, 5) is 13.2. The molecule has 0 unspecified atom stereocenters. The summed E-state index contributed by atoms with van der Waals surface area (Å²) in [6.45, 7) is 5.42. The van der Waals surface area contributed by atoms with E-state index in [4.69, 9.17) is 4.74 Å². The Hall–Kier alpha value is -1.71. The molecule has 0 radical (unpaired) electrons. The van der Waals surface area contributed by atoms with Crippen LogP contribution in [0.4, 0.5) is 5.69 Å². The van der Waals surface area contributed by atoms with Gasteiger partial charge in [-0.05, 0) is 43.5 Å². The van der Waals surface area contributed by atoms with E-state index in [1.54, 1.807) is 14.0 Å². The number of piperidine rings is 1. The summed E-state index contributed by atoms with van der Waals surface area (Å²) in [6.07, 6.45) is 2.01. The number of amides is 1. The van der Waals surface area contributed by atoms with E-state index in [0.29, 0.717) is 6.04 Å². The number of carbonyl (C=O) groups is 1. The highest BCUT2D eigenvalue weighted by atomic mass is 16.5. The van der Waals surface area contributed by atoms with Crippen LogP contribution in [-0.2, 0) is 4.79 Å². The fourth-order valence-corrected chi connectivity index (χ4v) is 2.48. The molecule has 1 aliphatic heterocycles. The average Bonchev–Trinajstić information content (AvgIpc) is 2.41. The van der Waals surface area contributed by atoms with Crippen molar-refractivity contribution in [2.45, 2.75) is 32.7 Å². The highest BCUT2D eigenvalue weighted by Gasteiger charge is 2.20. The maximum absolute atomic E-state index is 11.3. The molecular weight excluding hydrogens is 240 g/mol. The van der Waals surface area contributed by atoms with E-state index in [2.05, 4.69) is 18.3 Å². The summed E-state index contributed by atoms with van der Waals surface area (Å²) >= 11 is 0. The Morgan fingerprint density at radius 1 is 1.37 bits per heavy atom. The number of nitrogens with one attached hydrogen (secondary N) is 1. The molecule has 0 bridgehead atoms. The molecule has 2 rings (SSSR count). The Morgan fingerprint density at radius 2 is 2.05 bits per heavy atom. The predicted molar refractivity (Wildman–Crippen MR) is 76.6 cm³/mol. The summed E-state index contributed by atoms with van der Waals surface area (Å²) in [5.74, 6) is 1.06. The van der Waals surface area contributed by atoms with Crippen molar-refractivity contribution >= 4 is 11.6 Å². The molecule has 0 aromatic heterocycles. The van der Waals surface area contributed by atoms with Crippen LogP contribution in [0.1, 0.15) is 25.3 Å². The Labute approximate surface area is 114 Å². The fraction of sp³-hybridized carbons (Fsp3) is 0.533. The quantitative estimate of drug-likeness (QED) is 0.909. The number of carbonyl (C=O) groups excluding carboxylic acids is 1. The van der Waals surface area contributed by atoms with Crippen LogP contribution in [0.15, 0.2) is 18.2 Å². The number of nitrogens with zero attached hydrogens (tertiary/aromatic N) is 1. The van der Waals surface area contributed by atoms with Gasteiger partial charge in [-0.25, -0.2) is 0 Å². The molecule has 0 aliphatic carbocycles. The van der Waals surface area contributed by atoms with Crippen LogP contribution in [0.2, 0.25) is 0 Å². The molecule has 104 valence electrons. The van der Waals surface area contributed by atoms with Crippen LogP contribution < -0.4 is 10.1 Å². The zero-order chi connectivity index (χ0) is 13.8. The smallest absolute Gasteiger partial charge is 0.219 e. The van der Waals surface area contributed by atoms with Gasteiger partial charge in [0.1, 0.15) is 5.75 Å². The van der Waals surface area contributed by atoms with Crippen molar-refractivity contribution in [2.75, 3.05) is 25.5 Å². The Balaban J connectivity index is 1.94. The highest BCUT2D eigenvalue weighted by Crippen LogP contribution is 2.23. The Bertz CT molecular complexity index is 451. The van der Waals surface area contributed by atoms with Gasteiger partial charge >= 0.3 is 0 Å². The minimum atomic E-state index is 0.180. The van der Waals surface area contributed by atoms with Crippen LogP contribution in [0, 0.1) is 6.92 Å². The first-order valence-corrected chi connectivity index (χ1v) is 6.77. The second-order valence-corrected chi connectivity index (χ2v) is 5.11. The molecule has 1 saturated heterocycles. The lowest BCUT2D eigenvalue weighted by Gasteiger charge is -2.32. The third-order valence-electron chi connectivity index (χ3n) is 3.73. The first kappa shape index (κ1) is 13.7. The lowest BCUT2D eigenvalue weighted by Crippen LogP contribution is -2.41. The van der Waals surface area contributed by atoms with Crippen LogP contribution in [0.3, 0.4) is 0 Å². The minimum absolute atomic E-state index is 0.180. The number of hydrogen-bond donors (Lipinski definition) is 1. The molecule has 1 amide bonds. The van der Waals surface area contributed by atoms with Gasteiger partial charge in [0.25, 0.3) is 0 Å². The van der Waals surface area contributed by atoms with Gasteiger partial charge in [-0.15, -0.1) is 0 Å². The molecule has 4 nitrogen and oxygen atoms in total. The molecule has 19 heavy (non-hydrogen) atoms. The molecule has 1 fully saturated rings. The normalized spacial score (nSPS) is 16.3. The van der Waals surface area contributed by atoms with Gasteiger partial charge in [0.05, 0.1) is 7.11 Å². The SMILES string of the molecule is COc1ccc(NC2CCN(C(C)=O)CC2)c(C)c1. The van der Waals surface area contributed by atoms with Gasteiger partial charge in [0.2, 0.25) is 5.91 Å². The van der Waals surface area contributed by atoms with Gasteiger partial charge in [-0.2, -0.15) is 0 Å². The summed E-state index contributed by atoms with van der Waals surface area (Å²) in [5.41, 5.74) is 2.34. The molecule has 1 aromatic carbocycles. The van der Waals surface area contributed by atoms with Crippen molar-refractivity contribution in [1.29, 1.82) is 0 Å². The van der Waals surface area contributed by atoms with Crippen LogP contribution in [0.25, 0.3) is 0 Å². The molecule has 1 aromatic rings. The Kier molecular flexibility index (Phi) is 4.30. The summed E-state index contributed by atoms with van der Waals surface area (Å²) in [7, 11) is 1.68. The third kappa shape index (κ3) is 3.40. The Morgan fingerprint density at radius 3 is 2.58 bits per heavy atom. The van der Waals surface area contributed by atoms with Gasteiger partial charge in [0, 0.05) is 31.7 Å². The highest BCUT2D eigenvalue weighted by molar-refractivity contribution is 5.73. The number of methoxy groups -OCH3 is 1. The maximum atomic E-state index is 11.3. The van der Waals surface area contributed by atoms with Crippen molar-refractivity contribution in [3.8, 4) is 5.75 Å². The maximum Gasteiger partial charge on any atom is 0.219 e. The number of likely N-dealkylation sites (tertiary alicyclic amines) is 1. The zero-order valence-electron chi connectivity index (χ0n) is 11.9. The van der Waals surface area contributed by atoms with Crippen LogP contribution in [-0.4, -0.2) is 37.0 Å². The van der Waals surface area contributed by atoms with E-state index >= 15 is 0 Å². The first-order chi connectivity index (χ1) is 9.10. The summed E-state index contributed by atoms with van der Waals surface area (Å²) < 4.78 is 5.21. The van der Waals surface area contributed by atoms with Crippen LogP contribution >= 0.6 is 0 Å². The third-order valence-corrected chi connectivity index (χ3v) is 3.73. The van der Waals surface area contributed by atoms with E-state index in [1.165, 1.54) is 5.56 Å². The minimum Gasteiger partial charge on any atom is -0.497 e. The number of benzene rings is 1. The van der Waals surface area contributed by atoms with Crippen molar-refractivity contribution < 1.29 is 9.53 Å². The van der Waals surface area contributed by atoms with Crippen molar-refractivity contribution in [3.05, 3.63) is 23.8 Å². The molecule has 0 spiro atoms. The number of ether oxygens (including phenoxy) is 1. The predicted octanol–water partition coefficient (Wildman–Crippen LogP) is 2.43. The molecule has 4 heteroatoms. The molecule has 1 aliphatic rings. The van der Waals surface area contributed by atoms with Crippen LogP contribution in [0.5, 0.6) is 5.75 Å². The average molecular weight is 262 g/mol. The number of anilines is 1. The van der Waals surface area contributed by atoms with Gasteiger partial charge in [-0.3, -0.25) is 4.79 Å². The van der Waals surface area contributed by atoms with Crippen molar-refractivity contribution in [3.63, 3.8) is 0 Å². The van der Waals surface area contributed by atoms with E-state index in [1.807, 2.05) is 17.0 Å². The lowest BCUT2D eigenvalue weighted by atomic mass is 10.0. The van der Waals surface area contributed by atoms with Gasteiger partial charge < -0.3 is 15.0 Å². The summed E-state index contributed by atoms with van der Waals surface area (Å²) in [6, 6.07) is 6.51. The first-order valence-electron chi connectivity index (χ1n) is 6.77. The van der Waals surface area contributed by atoms with Gasteiger partial charge in [-0.1, -0.05) is 0 Å². The second-order valence-electron chi connectivity index (χ2n) is 5.11. The van der Waals surface area contributed by atoms with E-state index in [-0.39, 0.29) is 5.91 Å². The van der Waals surface area contributed by atoms with Gasteiger partial charge in [0.15, 0.2) is 0 Å². The fourth-order valence-electron chi connectivity index (χ4n) is 2.48. The molecular formula is C15H22N2O2. The topological polar surface area (TPSA) is 41.6 Å². The second kappa shape index (κ2) is 5.95. The van der Waals surface area contributed by atoms with Crippen molar-refractivity contribution in [1.82, 2.24) is 4.90 Å². The van der Waals surface area contributed by atoms with E-state index in [0.717, 1.165) is 37.4 Å². The number of aryl methyl sites for hydroxylation is 1. The monoisotopic (exact) mass is 262 g/mol. The van der Waals surface area contributed by atoms with E-state index in [9.17, 15) is 4.79 Å². The molecule has 0 saturated carbocycles. The number of hydrogen-bond acceptors (Lipinski definition) is 3.